The Morgan fingerprint density at radius 1 is 0.436 bits per heavy atom. The lowest BCUT2D eigenvalue weighted by Gasteiger charge is -2.09. The molecule has 39 heavy (non-hydrogen) atoms. The van der Waals surface area contributed by atoms with Gasteiger partial charge in [-0.2, -0.15) is 0 Å². The van der Waals surface area contributed by atoms with Crippen LogP contribution in [-0.2, 0) is 9.84 Å². The molecular weight excluding hydrogens is 500 g/mol. The molecule has 0 aromatic heterocycles. The van der Waals surface area contributed by atoms with E-state index in [1.54, 1.807) is 24.3 Å². The zero-order chi connectivity index (χ0) is 29.5. The number of aryl methyl sites for hydroxylation is 8. The minimum Gasteiger partial charge on any atom is -0.289 e. The van der Waals surface area contributed by atoms with Gasteiger partial charge in [0.05, 0.1) is 9.79 Å². The van der Waals surface area contributed by atoms with Crippen LogP contribution >= 0.6 is 0 Å². The Morgan fingerprint density at radius 2 is 0.718 bits per heavy atom. The number of carbonyl (C=O) groups excluding carboxylic acids is 1. The van der Waals surface area contributed by atoms with Gasteiger partial charge in [0.25, 0.3) is 0 Å². The Kier molecular flexibility index (Phi) is 11.0. The van der Waals surface area contributed by atoms with E-state index >= 15 is 0 Å². The van der Waals surface area contributed by atoms with E-state index in [0.717, 1.165) is 44.5 Å². The lowest BCUT2D eigenvalue weighted by molar-refractivity contribution is 0.103. The largest absolute Gasteiger partial charge is 0.289 e. The lowest BCUT2D eigenvalue weighted by Crippen LogP contribution is -2.03. The number of hydrogen-bond donors (Lipinski definition) is 0. The van der Waals surface area contributed by atoms with Crippen molar-refractivity contribution in [3.05, 3.63) is 128 Å². The van der Waals surface area contributed by atoms with Gasteiger partial charge in [-0.1, -0.05) is 50.2 Å². The van der Waals surface area contributed by atoms with E-state index in [9.17, 15) is 13.2 Å². The second-order valence-electron chi connectivity index (χ2n) is 9.92. The van der Waals surface area contributed by atoms with E-state index in [0.29, 0.717) is 9.79 Å². The highest BCUT2D eigenvalue weighted by atomic mass is 32.2. The van der Waals surface area contributed by atoms with Crippen LogP contribution in [-0.4, -0.2) is 14.2 Å². The summed E-state index contributed by atoms with van der Waals surface area (Å²) in [4.78, 5) is 13.1. The molecule has 0 aliphatic carbocycles. The topological polar surface area (TPSA) is 51.2 Å². The van der Waals surface area contributed by atoms with E-state index in [2.05, 4.69) is 13.8 Å². The smallest absolute Gasteiger partial charge is 0.206 e. The summed E-state index contributed by atoms with van der Waals surface area (Å²) in [6.07, 6.45) is 0. The molecule has 0 unspecified atom stereocenters. The van der Waals surface area contributed by atoms with E-state index in [4.69, 9.17) is 0 Å². The molecule has 4 rings (SSSR count). The van der Waals surface area contributed by atoms with Crippen LogP contribution < -0.4 is 0 Å². The molecule has 0 saturated carbocycles. The third-order valence-electron chi connectivity index (χ3n) is 7.12. The predicted molar refractivity (Wildman–Crippen MR) is 164 cm³/mol. The number of rotatable bonds is 4. The first-order valence-corrected chi connectivity index (χ1v) is 14.9. The van der Waals surface area contributed by atoms with Gasteiger partial charge in [0, 0.05) is 11.1 Å². The van der Waals surface area contributed by atoms with E-state index in [-0.39, 0.29) is 5.78 Å². The summed E-state index contributed by atoms with van der Waals surface area (Å²) in [6, 6.07) is 22.3. The van der Waals surface area contributed by atoms with E-state index in [1.807, 2.05) is 104 Å². The molecule has 0 fully saturated rings. The number of ketones is 1. The number of carbonyl (C=O) groups is 1. The third kappa shape index (κ3) is 7.77. The van der Waals surface area contributed by atoms with Gasteiger partial charge in [-0.05, 0) is 136 Å². The van der Waals surface area contributed by atoms with Crippen LogP contribution in [0.25, 0.3) is 0 Å². The minimum atomic E-state index is -3.42. The highest BCUT2D eigenvalue weighted by Crippen LogP contribution is 2.24. The molecule has 0 radical (unpaired) electrons. The molecule has 0 aliphatic heterocycles. The van der Waals surface area contributed by atoms with Gasteiger partial charge >= 0.3 is 0 Å². The van der Waals surface area contributed by atoms with Crippen molar-refractivity contribution in [3.8, 4) is 0 Å². The fourth-order valence-corrected chi connectivity index (χ4v) is 5.26. The average molecular weight is 543 g/mol. The molecule has 0 aliphatic rings. The molecule has 3 nitrogen and oxygen atoms in total. The SMILES string of the molecule is CC.Cc1ccc(C(=O)c2ccc(C)c(C)c2)cc1C.Cc1ccc(S(=O)(=O)c2ccc(C)c(C)c2)cc1C. The first-order valence-electron chi connectivity index (χ1n) is 13.4. The number of sulfone groups is 1. The zero-order valence-electron chi connectivity index (χ0n) is 25.1. The molecule has 0 spiro atoms. The summed E-state index contributed by atoms with van der Waals surface area (Å²) in [5.41, 5.74) is 10.4. The van der Waals surface area contributed by atoms with Crippen LogP contribution in [0.4, 0.5) is 0 Å². The van der Waals surface area contributed by atoms with Crippen molar-refractivity contribution >= 4 is 15.6 Å². The highest BCUT2D eigenvalue weighted by molar-refractivity contribution is 7.91. The highest BCUT2D eigenvalue weighted by Gasteiger charge is 2.18. The van der Waals surface area contributed by atoms with Gasteiger partial charge in [-0.3, -0.25) is 4.79 Å². The summed E-state index contributed by atoms with van der Waals surface area (Å²) < 4.78 is 25.1. The van der Waals surface area contributed by atoms with Crippen LogP contribution in [0.1, 0.15) is 74.3 Å². The number of hydrogen-bond acceptors (Lipinski definition) is 3. The van der Waals surface area contributed by atoms with Crippen LogP contribution in [0.15, 0.2) is 82.6 Å². The summed E-state index contributed by atoms with van der Waals surface area (Å²) >= 11 is 0. The van der Waals surface area contributed by atoms with Gasteiger partial charge in [0.1, 0.15) is 0 Å². The average Bonchev–Trinajstić information content (AvgIpc) is 2.91. The standard InChI is InChI=1S/C17H18O.C16H18O2S.C2H6/c1-11-5-7-15(9-13(11)3)17(18)16-8-6-12(2)14(4)10-16;1-11-5-7-15(9-13(11)3)19(17,18)16-8-6-12(2)14(4)10-16;1-2/h5-10H,1-4H3;5-10H,1-4H3;1-2H3. The van der Waals surface area contributed by atoms with E-state index < -0.39 is 9.84 Å². The van der Waals surface area contributed by atoms with Gasteiger partial charge in [-0.15, -0.1) is 0 Å². The molecule has 0 heterocycles. The summed E-state index contributed by atoms with van der Waals surface area (Å²) in [5.74, 6) is 0.0983. The second kappa shape index (κ2) is 13.5. The van der Waals surface area contributed by atoms with Crippen molar-refractivity contribution in [2.45, 2.75) is 79.0 Å². The fraction of sp³-hybridized carbons (Fsp3) is 0.286. The number of benzene rings is 4. The Bertz CT molecular complexity index is 1470. The van der Waals surface area contributed by atoms with Gasteiger partial charge in [0.15, 0.2) is 5.78 Å². The molecule has 4 aromatic carbocycles. The molecule has 0 N–H and O–H groups in total. The quantitative estimate of drug-likeness (QED) is 0.242. The molecule has 0 bridgehead atoms. The summed E-state index contributed by atoms with van der Waals surface area (Å²) in [6.45, 7) is 20.0. The zero-order valence-corrected chi connectivity index (χ0v) is 25.9. The molecule has 0 saturated heterocycles. The Balaban J connectivity index is 0.000000258. The molecule has 0 amide bonds. The first-order chi connectivity index (χ1) is 18.3. The summed E-state index contributed by atoms with van der Waals surface area (Å²) in [7, 11) is -3.42. The van der Waals surface area contributed by atoms with Crippen molar-refractivity contribution in [1.29, 1.82) is 0 Å². The van der Waals surface area contributed by atoms with Crippen molar-refractivity contribution in [3.63, 3.8) is 0 Å². The second-order valence-corrected chi connectivity index (χ2v) is 11.9. The van der Waals surface area contributed by atoms with Crippen molar-refractivity contribution in [1.82, 2.24) is 0 Å². The van der Waals surface area contributed by atoms with Crippen LogP contribution in [0, 0.1) is 55.4 Å². The van der Waals surface area contributed by atoms with Crippen LogP contribution in [0.5, 0.6) is 0 Å². The first kappa shape index (κ1) is 31.7. The molecule has 4 heteroatoms. The Labute approximate surface area is 235 Å². The van der Waals surface area contributed by atoms with Crippen molar-refractivity contribution in [2.75, 3.05) is 0 Å². The summed E-state index contributed by atoms with van der Waals surface area (Å²) in [5, 5.41) is 0. The lowest BCUT2D eigenvalue weighted by atomic mass is 9.97. The maximum absolute atomic E-state index is 12.6. The normalized spacial score (nSPS) is 10.6. The Morgan fingerprint density at radius 3 is 1.00 bits per heavy atom. The maximum atomic E-state index is 12.6. The van der Waals surface area contributed by atoms with Crippen molar-refractivity contribution < 1.29 is 13.2 Å². The fourth-order valence-electron chi connectivity index (χ4n) is 3.83. The monoisotopic (exact) mass is 542 g/mol. The molecular formula is C35H42O3S. The van der Waals surface area contributed by atoms with Gasteiger partial charge in [0.2, 0.25) is 9.84 Å². The molecule has 4 aromatic rings. The van der Waals surface area contributed by atoms with E-state index in [1.165, 1.54) is 11.1 Å². The van der Waals surface area contributed by atoms with Crippen LogP contribution in [0.3, 0.4) is 0 Å². The molecule has 206 valence electrons. The molecule has 0 atom stereocenters. The van der Waals surface area contributed by atoms with Gasteiger partial charge < -0.3 is 0 Å². The Hall–Kier alpha value is -3.50. The minimum absolute atomic E-state index is 0.0983. The van der Waals surface area contributed by atoms with Crippen molar-refractivity contribution in [2.24, 2.45) is 0 Å². The van der Waals surface area contributed by atoms with Gasteiger partial charge in [-0.25, -0.2) is 8.42 Å². The third-order valence-corrected chi connectivity index (χ3v) is 8.86. The predicted octanol–water partition coefficient (Wildman–Crippen LogP) is 8.93. The maximum Gasteiger partial charge on any atom is 0.206 e. The van der Waals surface area contributed by atoms with Crippen LogP contribution in [0.2, 0.25) is 0 Å².